The topological polar surface area (TPSA) is 63.4 Å². The maximum Gasteiger partial charge on any atom is 0.246 e. The van der Waals surface area contributed by atoms with Crippen molar-refractivity contribution in [1.29, 1.82) is 0 Å². The molecule has 0 spiro atoms. The summed E-state index contributed by atoms with van der Waals surface area (Å²) in [6.07, 6.45) is 3.26. The lowest BCUT2D eigenvalue weighted by molar-refractivity contribution is 0.459. The number of furan rings is 1. The third kappa shape index (κ3) is 3.12. The molecule has 0 aliphatic carbocycles. The molecule has 0 unspecified atom stereocenters. The molecule has 0 atom stereocenters. The smallest absolute Gasteiger partial charge is 0.246 e. The van der Waals surface area contributed by atoms with E-state index in [9.17, 15) is 8.42 Å². The van der Waals surface area contributed by atoms with Gasteiger partial charge in [-0.3, -0.25) is 4.98 Å². The number of aryl methyl sites for hydroxylation is 2. The van der Waals surface area contributed by atoms with Crippen molar-refractivity contribution < 1.29 is 12.8 Å². The van der Waals surface area contributed by atoms with Crippen LogP contribution < -0.4 is 0 Å². The van der Waals surface area contributed by atoms with E-state index in [2.05, 4.69) is 4.98 Å². The van der Waals surface area contributed by atoms with E-state index in [0.717, 1.165) is 5.56 Å². The first kappa shape index (κ1) is 16.0. The van der Waals surface area contributed by atoms with Crippen molar-refractivity contribution in [3.05, 3.63) is 47.2 Å². The van der Waals surface area contributed by atoms with Gasteiger partial charge in [0.15, 0.2) is 0 Å². The van der Waals surface area contributed by atoms with Crippen molar-refractivity contribution in [2.24, 2.45) is 0 Å². The summed E-state index contributed by atoms with van der Waals surface area (Å²) in [7, 11) is -2.12. The molecule has 0 fully saturated rings. The summed E-state index contributed by atoms with van der Waals surface area (Å²) in [5.41, 5.74) is 1.39. The van der Waals surface area contributed by atoms with E-state index in [4.69, 9.17) is 16.0 Å². The molecular formula is C14H17ClN2O3S. The van der Waals surface area contributed by atoms with Gasteiger partial charge < -0.3 is 4.42 Å². The van der Waals surface area contributed by atoms with E-state index in [0.29, 0.717) is 17.1 Å². The normalized spacial score (nSPS) is 12.0. The summed E-state index contributed by atoms with van der Waals surface area (Å²) < 4.78 is 32.2. The van der Waals surface area contributed by atoms with Crippen LogP contribution in [0.5, 0.6) is 0 Å². The zero-order valence-electron chi connectivity index (χ0n) is 12.1. The van der Waals surface area contributed by atoms with Gasteiger partial charge in [-0.25, -0.2) is 8.42 Å². The van der Waals surface area contributed by atoms with Crippen molar-refractivity contribution in [2.45, 2.75) is 31.2 Å². The van der Waals surface area contributed by atoms with Crippen LogP contribution in [0.1, 0.15) is 22.6 Å². The Balaban J connectivity index is 2.38. The van der Waals surface area contributed by atoms with Gasteiger partial charge in [0.1, 0.15) is 16.4 Å². The average molecular weight is 329 g/mol. The second-order valence-electron chi connectivity index (χ2n) is 4.77. The first-order valence-electron chi connectivity index (χ1n) is 6.38. The van der Waals surface area contributed by atoms with Gasteiger partial charge in [0, 0.05) is 31.5 Å². The molecule has 0 amide bonds. The van der Waals surface area contributed by atoms with Crippen LogP contribution in [0.4, 0.5) is 0 Å². The summed E-state index contributed by atoms with van der Waals surface area (Å²) in [5, 5.41) is 0. The molecular weight excluding hydrogens is 312 g/mol. The second kappa shape index (κ2) is 6.17. The van der Waals surface area contributed by atoms with Crippen LogP contribution in [-0.4, -0.2) is 24.8 Å². The number of nitrogens with zero attached hydrogens (tertiary/aromatic N) is 2. The lowest BCUT2D eigenvalue weighted by Gasteiger charge is -2.17. The fourth-order valence-corrected chi connectivity index (χ4v) is 4.15. The molecule has 0 saturated carbocycles. The number of sulfonamides is 1. The van der Waals surface area contributed by atoms with Crippen LogP contribution in [-0.2, 0) is 22.4 Å². The number of alkyl halides is 1. The number of hydrogen-bond donors (Lipinski definition) is 0. The molecule has 0 radical (unpaired) electrons. The standard InChI is InChI=1S/C14H17ClN2O3S/c1-10-13(8-15)14(11(2)20-10)21(18,19)17(3)9-12-4-6-16-7-5-12/h4-7H,8-9H2,1-3H3. The number of aromatic nitrogens is 1. The minimum atomic E-state index is -3.66. The van der Waals surface area contributed by atoms with Crippen LogP contribution >= 0.6 is 11.6 Å². The predicted molar refractivity (Wildman–Crippen MR) is 80.6 cm³/mol. The van der Waals surface area contributed by atoms with Gasteiger partial charge in [-0.15, -0.1) is 11.6 Å². The Morgan fingerprint density at radius 3 is 2.43 bits per heavy atom. The van der Waals surface area contributed by atoms with E-state index < -0.39 is 10.0 Å². The molecule has 0 N–H and O–H groups in total. The number of hydrogen-bond acceptors (Lipinski definition) is 4. The van der Waals surface area contributed by atoms with Gasteiger partial charge in [0.25, 0.3) is 0 Å². The fraction of sp³-hybridized carbons (Fsp3) is 0.357. The third-order valence-electron chi connectivity index (χ3n) is 3.28. The zero-order valence-corrected chi connectivity index (χ0v) is 13.7. The molecule has 0 saturated heterocycles. The Morgan fingerprint density at radius 1 is 1.24 bits per heavy atom. The average Bonchev–Trinajstić information content (AvgIpc) is 2.74. The van der Waals surface area contributed by atoms with Crippen molar-refractivity contribution in [3.8, 4) is 0 Å². The second-order valence-corrected chi connectivity index (χ2v) is 7.02. The Labute approximate surface area is 129 Å². The number of pyridine rings is 1. The first-order valence-corrected chi connectivity index (χ1v) is 8.35. The van der Waals surface area contributed by atoms with Crippen molar-refractivity contribution in [2.75, 3.05) is 7.05 Å². The Hall–Kier alpha value is -1.37. The molecule has 0 aliphatic heterocycles. The van der Waals surface area contributed by atoms with Crippen molar-refractivity contribution in [1.82, 2.24) is 9.29 Å². The van der Waals surface area contributed by atoms with Crippen LogP contribution in [0.25, 0.3) is 0 Å². The SMILES string of the molecule is Cc1oc(C)c(S(=O)(=O)N(C)Cc2ccncc2)c1CCl. The van der Waals surface area contributed by atoms with E-state index in [1.807, 2.05) is 0 Å². The molecule has 2 rings (SSSR count). The van der Waals surface area contributed by atoms with E-state index in [-0.39, 0.29) is 17.3 Å². The van der Waals surface area contributed by atoms with Crippen LogP contribution in [0.2, 0.25) is 0 Å². The predicted octanol–water partition coefficient (Wildman–Crippen LogP) is 2.85. The van der Waals surface area contributed by atoms with Crippen molar-refractivity contribution >= 4 is 21.6 Å². The molecule has 2 aromatic heterocycles. The summed E-state index contributed by atoms with van der Waals surface area (Å²) >= 11 is 5.87. The fourth-order valence-electron chi connectivity index (χ4n) is 2.19. The Bertz CT molecular complexity index is 726. The molecule has 2 aromatic rings. The van der Waals surface area contributed by atoms with Gasteiger partial charge in [-0.2, -0.15) is 4.31 Å². The largest absolute Gasteiger partial charge is 0.465 e. The van der Waals surface area contributed by atoms with Gasteiger partial charge in [-0.05, 0) is 31.5 Å². The molecule has 0 bridgehead atoms. The summed E-state index contributed by atoms with van der Waals surface area (Å²) in [4.78, 5) is 4.09. The minimum Gasteiger partial charge on any atom is -0.465 e. The van der Waals surface area contributed by atoms with E-state index in [1.54, 1.807) is 38.4 Å². The van der Waals surface area contributed by atoms with Gasteiger partial charge >= 0.3 is 0 Å². The minimum absolute atomic E-state index is 0.0980. The highest BCUT2D eigenvalue weighted by Crippen LogP contribution is 2.30. The van der Waals surface area contributed by atoms with E-state index in [1.165, 1.54) is 11.4 Å². The summed E-state index contributed by atoms with van der Waals surface area (Å²) in [6.45, 7) is 3.61. The number of halogens is 1. The monoisotopic (exact) mass is 328 g/mol. The molecule has 7 heteroatoms. The first-order chi connectivity index (χ1) is 9.87. The Morgan fingerprint density at radius 2 is 1.86 bits per heavy atom. The molecule has 5 nitrogen and oxygen atoms in total. The van der Waals surface area contributed by atoms with Crippen LogP contribution in [0.15, 0.2) is 33.8 Å². The third-order valence-corrected chi connectivity index (χ3v) is 5.55. The quantitative estimate of drug-likeness (QED) is 0.792. The zero-order chi connectivity index (χ0) is 15.6. The maximum absolute atomic E-state index is 12.7. The van der Waals surface area contributed by atoms with Gasteiger partial charge in [0.05, 0.1) is 5.88 Å². The van der Waals surface area contributed by atoms with Gasteiger partial charge in [-0.1, -0.05) is 0 Å². The maximum atomic E-state index is 12.7. The molecule has 21 heavy (non-hydrogen) atoms. The van der Waals surface area contributed by atoms with E-state index >= 15 is 0 Å². The van der Waals surface area contributed by atoms with Gasteiger partial charge in [0.2, 0.25) is 10.0 Å². The highest BCUT2D eigenvalue weighted by molar-refractivity contribution is 7.89. The van der Waals surface area contributed by atoms with Crippen LogP contribution in [0.3, 0.4) is 0 Å². The molecule has 114 valence electrons. The highest BCUT2D eigenvalue weighted by atomic mass is 35.5. The lowest BCUT2D eigenvalue weighted by Crippen LogP contribution is -2.27. The summed E-state index contributed by atoms with van der Waals surface area (Å²) in [5.74, 6) is 1.00. The molecule has 0 aliphatic rings. The molecule has 0 aromatic carbocycles. The Kier molecular flexibility index (Phi) is 4.70. The lowest BCUT2D eigenvalue weighted by atomic mass is 10.3. The van der Waals surface area contributed by atoms with Crippen LogP contribution in [0, 0.1) is 13.8 Å². The highest BCUT2D eigenvalue weighted by Gasteiger charge is 2.30. The molecule has 2 heterocycles. The van der Waals surface area contributed by atoms with Crippen molar-refractivity contribution in [3.63, 3.8) is 0 Å². The number of rotatable bonds is 5. The summed E-state index contributed by atoms with van der Waals surface area (Å²) in [6, 6.07) is 3.56.